The van der Waals surface area contributed by atoms with Gasteiger partial charge in [0.15, 0.2) is 0 Å². The topological polar surface area (TPSA) is 70.7 Å². The molecule has 2 rings (SSSR count). The number of piperidine rings is 1. The van der Waals surface area contributed by atoms with Crippen LogP contribution in [0.4, 0.5) is 16.2 Å². The van der Waals surface area contributed by atoms with E-state index in [2.05, 4.69) is 24.5 Å². The van der Waals surface area contributed by atoms with Gasteiger partial charge in [-0.2, -0.15) is 0 Å². The molecule has 1 saturated heterocycles. The molecule has 0 aliphatic carbocycles. The largest absolute Gasteiger partial charge is 0.495 e. The van der Waals surface area contributed by atoms with Gasteiger partial charge < -0.3 is 20.3 Å². The van der Waals surface area contributed by atoms with Gasteiger partial charge in [-0.3, -0.25) is 4.79 Å². The third kappa shape index (κ3) is 4.88. The first kappa shape index (κ1) is 18.1. The SMILES string of the molecule is COc1ccc(NC(=O)NCCC(C)C)cc1N1CCCCC1=O. The minimum absolute atomic E-state index is 0.0954. The molecule has 3 amide bonds. The molecule has 0 bridgehead atoms. The Labute approximate surface area is 143 Å². The molecule has 1 heterocycles. The van der Waals surface area contributed by atoms with Crippen LogP contribution >= 0.6 is 0 Å². The first-order chi connectivity index (χ1) is 11.5. The number of nitrogens with one attached hydrogen (secondary N) is 2. The van der Waals surface area contributed by atoms with E-state index in [-0.39, 0.29) is 11.9 Å². The van der Waals surface area contributed by atoms with Crippen molar-refractivity contribution in [2.45, 2.75) is 39.5 Å². The summed E-state index contributed by atoms with van der Waals surface area (Å²) in [7, 11) is 1.58. The second kappa shape index (κ2) is 8.57. The molecule has 1 aliphatic rings. The number of benzene rings is 1. The lowest BCUT2D eigenvalue weighted by molar-refractivity contribution is -0.119. The highest BCUT2D eigenvalue weighted by Gasteiger charge is 2.23. The van der Waals surface area contributed by atoms with E-state index in [1.165, 1.54) is 0 Å². The minimum Gasteiger partial charge on any atom is -0.495 e. The summed E-state index contributed by atoms with van der Waals surface area (Å²) in [5.41, 5.74) is 1.36. The number of rotatable bonds is 6. The fourth-order valence-corrected chi connectivity index (χ4v) is 2.69. The Hall–Kier alpha value is -2.24. The molecule has 1 fully saturated rings. The van der Waals surface area contributed by atoms with Crippen LogP contribution in [0.2, 0.25) is 0 Å². The van der Waals surface area contributed by atoms with E-state index in [4.69, 9.17) is 4.74 Å². The normalized spacial score (nSPS) is 14.7. The maximum atomic E-state index is 12.2. The van der Waals surface area contributed by atoms with Crippen molar-refractivity contribution in [3.05, 3.63) is 18.2 Å². The van der Waals surface area contributed by atoms with Crippen molar-refractivity contribution < 1.29 is 14.3 Å². The quantitative estimate of drug-likeness (QED) is 0.838. The number of nitrogens with zero attached hydrogens (tertiary/aromatic N) is 1. The molecular weight excluding hydrogens is 306 g/mol. The Kier molecular flexibility index (Phi) is 6.46. The molecule has 0 radical (unpaired) electrons. The molecular formula is C18H27N3O3. The standard InChI is InChI=1S/C18H27N3O3/c1-13(2)9-10-19-18(23)20-14-7-8-16(24-3)15(12-14)21-11-5-4-6-17(21)22/h7-8,12-13H,4-6,9-11H2,1-3H3,(H2,19,20,23). The van der Waals surface area contributed by atoms with E-state index in [1.54, 1.807) is 30.2 Å². The van der Waals surface area contributed by atoms with E-state index in [9.17, 15) is 9.59 Å². The van der Waals surface area contributed by atoms with E-state index in [1.807, 2.05) is 0 Å². The van der Waals surface area contributed by atoms with Crippen LogP contribution in [0.25, 0.3) is 0 Å². The van der Waals surface area contributed by atoms with Gasteiger partial charge >= 0.3 is 6.03 Å². The van der Waals surface area contributed by atoms with Crippen molar-refractivity contribution in [2.75, 3.05) is 30.4 Å². The number of urea groups is 1. The van der Waals surface area contributed by atoms with Crippen molar-refractivity contribution >= 4 is 23.3 Å². The van der Waals surface area contributed by atoms with Gasteiger partial charge in [-0.15, -0.1) is 0 Å². The summed E-state index contributed by atoms with van der Waals surface area (Å²) in [5, 5.41) is 5.65. The highest BCUT2D eigenvalue weighted by atomic mass is 16.5. The van der Waals surface area contributed by atoms with Crippen LogP contribution in [-0.4, -0.2) is 32.1 Å². The van der Waals surface area contributed by atoms with Crippen LogP contribution in [0.15, 0.2) is 18.2 Å². The van der Waals surface area contributed by atoms with E-state index in [0.29, 0.717) is 42.6 Å². The summed E-state index contributed by atoms with van der Waals surface area (Å²) in [4.78, 5) is 25.9. The minimum atomic E-state index is -0.239. The van der Waals surface area contributed by atoms with E-state index < -0.39 is 0 Å². The van der Waals surface area contributed by atoms with Gasteiger partial charge in [0.25, 0.3) is 0 Å². The van der Waals surface area contributed by atoms with Crippen molar-refractivity contribution in [2.24, 2.45) is 5.92 Å². The molecule has 6 nitrogen and oxygen atoms in total. The smallest absolute Gasteiger partial charge is 0.319 e. The van der Waals surface area contributed by atoms with Crippen LogP contribution in [0.3, 0.4) is 0 Å². The summed E-state index contributed by atoms with van der Waals surface area (Å²) >= 11 is 0. The van der Waals surface area contributed by atoms with Crippen LogP contribution in [0.5, 0.6) is 5.75 Å². The fourth-order valence-electron chi connectivity index (χ4n) is 2.69. The lowest BCUT2D eigenvalue weighted by Crippen LogP contribution is -2.35. The van der Waals surface area contributed by atoms with Crippen LogP contribution in [-0.2, 0) is 4.79 Å². The number of hydrogen-bond donors (Lipinski definition) is 2. The zero-order chi connectivity index (χ0) is 17.5. The average molecular weight is 333 g/mol. The molecule has 1 aromatic rings. The van der Waals surface area contributed by atoms with Gasteiger partial charge in [-0.1, -0.05) is 13.8 Å². The fraction of sp³-hybridized carbons (Fsp3) is 0.556. The predicted octanol–water partition coefficient (Wildman–Crippen LogP) is 3.38. The molecule has 24 heavy (non-hydrogen) atoms. The molecule has 0 spiro atoms. The first-order valence-corrected chi connectivity index (χ1v) is 8.54. The molecule has 132 valence electrons. The zero-order valence-corrected chi connectivity index (χ0v) is 14.7. The zero-order valence-electron chi connectivity index (χ0n) is 14.7. The Morgan fingerprint density at radius 1 is 1.33 bits per heavy atom. The molecule has 0 aromatic heterocycles. The summed E-state index contributed by atoms with van der Waals surface area (Å²) in [6.07, 6.45) is 3.39. The second-order valence-corrected chi connectivity index (χ2v) is 6.45. The summed E-state index contributed by atoms with van der Waals surface area (Å²) in [6, 6.07) is 5.11. The maximum Gasteiger partial charge on any atom is 0.319 e. The van der Waals surface area contributed by atoms with Gasteiger partial charge in [0.05, 0.1) is 12.8 Å². The number of ether oxygens (including phenoxy) is 1. The van der Waals surface area contributed by atoms with Crippen LogP contribution in [0.1, 0.15) is 39.5 Å². The summed E-state index contributed by atoms with van der Waals surface area (Å²) in [5.74, 6) is 1.28. The Morgan fingerprint density at radius 3 is 2.79 bits per heavy atom. The van der Waals surface area contributed by atoms with Crippen molar-refractivity contribution in [3.8, 4) is 5.75 Å². The number of methoxy groups -OCH3 is 1. The average Bonchev–Trinajstić information content (AvgIpc) is 2.55. The highest BCUT2D eigenvalue weighted by Crippen LogP contribution is 2.33. The first-order valence-electron chi connectivity index (χ1n) is 8.54. The number of carbonyl (C=O) groups excluding carboxylic acids is 2. The Balaban J connectivity index is 2.07. The van der Waals surface area contributed by atoms with Crippen LogP contribution in [0, 0.1) is 5.92 Å². The molecule has 6 heteroatoms. The molecule has 0 atom stereocenters. The van der Waals surface area contributed by atoms with Crippen molar-refractivity contribution in [3.63, 3.8) is 0 Å². The number of anilines is 2. The molecule has 0 saturated carbocycles. The monoisotopic (exact) mass is 333 g/mol. The van der Waals surface area contributed by atoms with Gasteiger partial charge in [0, 0.05) is 25.2 Å². The highest BCUT2D eigenvalue weighted by molar-refractivity contribution is 5.97. The van der Waals surface area contributed by atoms with Gasteiger partial charge in [-0.25, -0.2) is 4.79 Å². The van der Waals surface area contributed by atoms with Gasteiger partial charge in [0.2, 0.25) is 5.91 Å². The summed E-state index contributed by atoms with van der Waals surface area (Å²) in [6.45, 7) is 5.55. The van der Waals surface area contributed by atoms with E-state index in [0.717, 1.165) is 19.3 Å². The molecule has 0 unspecified atom stereocenters. The lowest BCUT2D eigenvalue weighted by Gasteiger charge is -2.28. The Morgan fingerprint density at radius 2 is 2.12 bits per heavy atom. The van der Waals surface area contributed by atoms with E-state index >= 15 is 0 Å². The third-order valence-electron chi connectivity index (χ3n) is 4.06. The second-order valence-electron chi connectivity index (χ2n) is 6.45. The number of amides is 3. The molecule has 2 N–H and O–H groups in total. The maximum absolute atomic E-state index is 12.2. The molecule has 1 aromatic carbocycles. The lowest BCUT2D eigenvalue weighted by atomic mass is 10.1. The van der Waals surface area contributed by atoms with Crippen LogP contribution < -0.4 is 20.3 Å². The van der Waals surface area contributed by atoms with Gasteiger partial charge in [0.1, 0.15) is 5.75 Å². The van der Waals surface area contributed by atoms with Crippen molar-refractivity contribution in [1.29, 1.82) is 0 Å². The van der Waals surface area contributed by atoms with Gasteiger partial charge in [-0.05, 0) is 43.4 Å². The Bertz CT molecular complexity index is 587. The predicted molar refractivity (Wildman–Crippen MR) is 95.7 cm³/mol. The number of carbonyl (C=O) groups is 2. The third-order valence-corrected chi connectivity index (χ3v) is 4.06. The summed E-state index contributed by atoms with van der Waals surface area (Å²) < 4.78 is 5.38. The molecule has 1 aliphatic heterocycles. The number of hydrogen-bond acceptors (Lipinski definition) is 3. The van der Waals surface area contributed by atoms with Crippen molar-refractivity contribution in [1.82, 2.24) is 5.32 Å².